The summed E-state index contributed by atoms with van der Waals surface area (Å²) in [5, 5.41) is 13.2. The van der Waals surface area contributed by atoms with Crippen LogP contribution >= 0.6 is 23.4 Å². The topological polar surface area (TPSA) is 59.8 Å². The van der Waals surface area contributed by atoms with Gasteiger partial charge in [0.15, 0.2) is 11.0 Å². The molecule has 1 aromatic heterocycles. The summed E-state index contributed by atoms with van der Waals surface area (Å²) in [6, 6.07) is 17.8. The molecule has 7 heteroatoms. The number of nitrogens with one attached hydrogen (secondary N) is 1. The molecule has 1 saturated carbocycles. The van der Waals surface area contributed by atoms with Gasteiger partial charge >= 0.3 is 0 Å². The number of aromatic nitrogens is 3. The Bertz CT molecular complexity index is 984. The number of hydrogen-bond acceptors (Lipinski definition) is 4. The summed E-state index contributed by atoms with van der Waals surface area (Å²) in [7, 11) is 0. The van der Waals surface area contributed by atoms with Crippen LogP contribution in [0.25, 0.3) is 0 Å². The van der Waals surface area contributed by atoms with Crippen molar-refractivity contribution in [3.63, 3.8) is 0 Å². The lowest BCUT2D eigenvalue weighted by molar-refractivity contribution is -0.130. The third-order valence-electron chi connectivity index (χ3n) is 5.61. The van der Waals surface area contributed by atoms with Gasteiger partial charge in [-0.2, -0.15) is 0 Å². The highest BCUT2D eigenvalue weighted by Crippen LogP contribution is 2.44. The van der Waals surface area contributed by atoms with Gasteiger partial charge in [-0.15, -0.1) is 10.2 Å². The van der Waals surface area contributed by atoms with E-state index in [1.165, 1.54) is 5.56 Å². The Morgan fingerprint density at radius 1 is 1.14 bits per heavy atom. The van der Waals surface area contributed by atoms with E-state index in [0.29, 0.717) is 18.1 Å². The molecule has 0 bridgehead atoms. The smallest absolute Gasteiger partial charge is 0.231 e. The summed E-state index contributed by atoms with van der Waals surface area (Å²) < 4.78 is 2.07. The van der Waals surface area contributed by atoms with Crippen molar-refractivity contribution in [2.45, 2.75) is 42.9 Å². The third-order valence-corrected chi connectivity index (χ3v) is 6.52. The fourth-order valence-electron chi connectivity index (χ4n) is 3.80. The van der Waals surface area contributed by atoms with E-state index in [4.69, 9.17) is 11.6 Å². The van der Waals surface area contributed by atoms with Gasteiger partial charge in [0.1, 0.15) is 0 Å². The maximum atomic E-state index is 13.1. The maximum absolute atomic E-state index is 13.1. The fraction of sp³-hybridized carbons (Fsp3) is 0.318. The number of carbonyl (C=O) groups excluding carboxylic acids is 1. The van der Waals surface area contributed by atoms with E-state index in [1.54, 1.807) is 11.8 Å². The first-order valence-corrected chi connectivity index (χ1v) is 11.3. The Kier molecular flexibility index (Phi) is 5.92. The van der Waals surface area contributed by atoms with Crippen molar-refractivity contribution >= 4 is 29.3 Å². The van der Waals surface area contributed by atoms with Crippen molar-refractivity contribution in [2.24, 2.45) is 0 Å². The summed E-state index contributed by atoms with van der Waals surface area (Å²) >= 11 is 7.58. The first-order chi connectivity index (χ1) is 14.1. The minimum absolute atomic E-state index is 0.0473. The van der Waals surface area contributed by atoms with Gasteiger partial charge in [0.2, 0.25) is 5.91 Å². The van der Waals surface area contributed by atoms with E-state index in [2.05, 4.69) is 32.2 Å². The molecular formula is C22H23ClN4OS. The largest absolute Gasteiger partial charge is 0.348 e. The molecule has 1 N–H and O–H groups in total. The minimum atomic E-state index is -0.461. The van der Waals surface area contributed by atoms with Crippen molar-refractivity contribution in [1.82, 2.24) is 20.1 Å². The molecule has 4 rings (SSSR count). The van der Waals surface area contributed by atoms with E-state index < -0.39 is 5.41 Å². The van der Waals surface area contributed by atoms with Crippen molar-refractivity contribution in [3.8, 4) is 0 Å². The van der Waals surface area contributed by atoms with Crippen molar-refractivity contribution in [1.29, 1.82) is 0 Å². The van der Waals surface area contributed by atoms with Crippen LogP contribution in [0.1, 0.15) is 36.2 Å². The molecule has 1 heterocycles. The molecule has 3 aromatic rings. The minimum Gasteiger partial charge on any atom is -0.348 e. The molecule has 0 atom stereocenters. The molecule has 0 saturated heterocycles. The van der Waals surface area contributed by atoms with Crippen LogP contribution in [-0.2, 0) is 23.3 Å². The Morgan fingerprint density at radius 3 is 2.48 bits per heavy atom. The van der Waals surface area contributed by atoms with Gasteiger partial charge in [-0.05, 0) is 42.4 Å². The van der Waals surface area contributed by atoms with Gasteiger partial charge in [-0.1, -0.05) is 72.2 Å². The second kappa shape index (κ2) is 8.59. The van der Waals surface area contributed by atoms with Crippen LogP contribution in [0.4, 0.5) is 0 Å². The highest BCUT2D eigenvalue weighted by atomic mass is 35.5. The predicted molar refractivity (Wildman–Crippen MR) is 116 cm³/mol. The monoisotopic (exact) mass is 426 g/mol. The van der Waals surface area contributed by atoms with Crippen molar-refractivity contribution in [2.75, 3.05) is 6.26 Å². The summed E-state index contributed by atoms with van der Waals surface area (Å²) in [5.74, 6) is 0.808. The van der Waals surface area contributed by atoms with E-state index >= 15 is 0 Å². The summed E-state index contributed by atoms with van der Waals surface area (Å²) in [5.41, 5.74) is 1.74. The molecule has 1 aliphatic carbocycles. The zero-order chi connectivity index (χ0) is 20.3. The van der Waals surface area contributed by atoms with Gasteiger partial charge in [0, 0.05) is 5.02 Å². The Morgan fingerprint density at radius 2 is 1.86 bits per heavy atom. The van der Waals surface area contributed by atoms with E-state index in [-0.39, 0.29) is 5.91 Å². The Hall–Kier alpha value is -2.31. The normalized spacial score (nSPS) is 15.0. The number of carbonyl (C=O) groups is 1. The lowest BCUT2D eigenvalue weighted by Gasteiger charge is -2.40. The van der Waals surface area contributed by atoms with Gasteiger partial charge in [-0.3, -0.25) is 4.79 Å². The molecule has 0 aliphatic heterocycles. The van der Waals surface area contributed by atoms with Crippen LogP contribution in [0, 0.1) is 0 Å². The van der Waals surface area contributed by atoms with Crippen LogP contribution in [0.3, 0.4) is 0 Å². The number of amides is 1. The van der Waals surface area contributed by atoms with E-state index in [0.717, 1.165) is 35.8 Å². The van der Waals surface area contributed by atoms with Crippen molar-refractivity contribution in [3.05, 3.63) is 76.6 Å². The number of benzene rings is 2. The third kappa shape index (κ3) is 4.05. The number of thioether (sulfide) groups is 1. The quantitative estimate of drug-likeness (QED) is 0.567. The highest BCUT2D eigenvalue weighted by molar-refractivity contribution is 7.98. The molecule has 1 amide bonds. The molecule has 0 unspecified atom stereocenters. The van der Waals surface area contributed by atoms with Gasteiger partial charge in [0.25, 0.3) is 0 Å². The average molecular weight is 427 g/mol. The zero-order valence-electron chi connectivity index (χ0n) is 16.3. The lowest BCUT2D eigenvalue weighted by atomic mass is 9.64. The van der Waals surface area contributed by atoms with Crippen LogP contribution < -0.4 is 5.32 Å². The standard InChI is InChI=1S/C22H23ClN4OS/c1-29-21-26-25-19(27(21)15-16-6-3-2-4-7-16)14-24-20(28)22(12-5-13-22)17-8-10-18(23)11-9-17/h2-4,6-11H,5,12-15H2,1H3,(H,24,28). The average Bonchev–Trinajstić information content (AvgIpc) is 3.09. The molecule has 5 nitrogen and oxygen atoms in total. The van der Waals surface area contributed by atoms with Gasteiger partial charge < -0.3 is 9.88 Å². The Labute approximate surface area is 179 Å². The molecule has 1 fully saturated rings. The Balaban J connectivity index is 1.50. The zero-order valence-corrected chi connectivity index (χ0v) is 17.8. The SMILES string of the molecule is CSc1nnc(CNC(=O)C2(c3ccc(Cl)cc3)CCC2)n1Cc1ccccc1. The first-order valence-electron chi connectivity index (χ1n) is 9.67. The second-order valence-corrected chi connectivity index (χ2v) is 8.51. The van der Waals surface area contributed by atoms with Gasteiger partial charge in [-0.25, -0.2) is 0 Å². The van der Waals surface area contributed by atoms with Crippen LogP contribution in [0.5, 0.6) is 0 Å². The second-order valence-electron chi connectivity index (χ2n) is 7.30. The molecule has 29 heavy (non-hydrogen) atoms. The van der Waals surface area contributed by atoms with E-state index in [1.807, 2.05) is 48.7 Å². The van der Waals surface area contributed by atoms with Gasteiger partial charge in [0.05, 0.1) is 18.5 Å². The maximum Gasteiger partial charge on any atom is 0.231 e. The van der Waals surface area contributed by atoms with Crippen LogP contribution in [0.15, 0.2) is 59.8 Å². The molecule has 2 aromatic carbocycles. The van der Waals surface area contributed by atoms with E-state index in [9.17, 15) is 4.79 Å². The number of nitrogens with zero attached hydrogens (tertiary/aromatic N) is 3. The van der Waals surface area contributed by atoms with Crippen LogP contribution in [-0.4, -0.2) is 26.9 Å². The fourth-order valence-corrected chi connectivity index (χ4v) is 4.44. The number of halogens is 1. The summed E-state index contributed by atoms with van der Waals surface area (Å²) in [6.45, 7) is 1.03. The van der Waals surface area contributed by atoms with Crippen LogP contribution in [0.2, 0.25) is 5.02 Å². The predicted octanol–water partition coefficient (Wildman–Crippen LogP) is 4.44. The molecular weight excluding hydrogens is 404 g/mol. The molecule has 150 valence electrons. The summed E-state index contributed by atoms with van der Waals surface area (Å²) in [6.07, 6.45) is 4.75. The molecule has 0 radical (unpaired) electrons. The number of rotatable bonds is 7. The molecule has 0 spiro atoms. The molecule has 1 aliphatic rings. The summed E-state index contributed by atoms with van der Waals surface area (Å²) in [4.78, 5) is 13.1. The lowest BCUT2D eigenvalue weighted by Crippen LogP contribution is -2.49. The van der Waals surface area contributed by atoms with Crippen molar-refractivity contribution < 1.29 is 4.79 Å². The first kappa shape index (κ1) is 20.0. The number of hydrogen-bond donors (Lipinski definition) is 1. The highest BCUT2D eigenvalue weighted by Gasteiger charge is 2.45.